The van der Waals surface area contributed by atoms with Crippen LogP contribution in [0.1, 0.15) is 33.1 Å². The van der Waals surface area contributed by atoms with Gasteiger partial charge in [0.05, 0.1) is 14.2 Å². The number of methoxy groups -OCH3 is 2. The molecule has 4 nitrogen and oxygen atoms in total. The maximum absolute atomic E-state index is 5.37. The Morgan fingerprint density at radius 3 is 2.52 bits per heavy atom. The van der Waals surface area contributed by atoms with Crippen molar-refractivity contribution in [3.8, 4) is 11.5 Å². The summed E-state index contributed by atoms with van der Waals surface area (Å²) in [5, 5.41) is 3.64. The predicted molar refractivity (Wildman–Crippen MR) is 87.5 cm³/mol. The number of benzene rings is 1. The predicted octanol–water partition coefficient (Wildman–Crippen LogP) is 3.38. The number of likely N-dealkylation sites (tertiary alicyclic amines) is 1. The molecule has 0 radical (unpaired) electrons. The zero-order chi connectivity index (χ0) is 15.2. The Hall–Kier alpha value is -1.42. The summed E-state index contributed by atoms with van der Waals surface area (Å²) in [6.45, 7) is 6.94. The van der Waals surface area contributed by atoms with E-state index < -0.39 is 0 Å². The molecule has 118 valence electrons. The highest BCUT2D eigenvalue weighted by atomic mass is 16.5. The van der Waals surface area contributed by atoms with E-state index in [-0.39, 0.29) is 0 Å². The van der Waals surface area contributed by atoms with E-state index in [1.54, 1.807) is 14.2 Å². The molecule has 1 unspecified atom stereocenters. The molecule has 21 heavy (non-hydrogen) atoms. The zero-order valence-electron chi connectivity index (χ0n) is 13.7. The first-order chi connectivity index (χ1) is 10.1. The van der Waals surface area contributed by atoms with Crippen LogP contribution in [-0.2, 0) is 0 Å². The monoisotopic (exact) mass is 292 g/mol. The van der Waals surface area contributed by atoms with Crippen LogP contribution in [0.2, 0.25) is 0 Å². The van der Waals surface area contributed by atoms with Crippen LogP contribution in [0, 0.1) is 0 Å². The SMILES string of the molecule is COc1ccc(NC2CCCN(C(C)C)CC2)cc1OC. The Morgan fingerprint density at radius 2 is 1.86 bits per heavy atom. The first kappa shape index (κ1) is 16.0. The van der Waals surface area contributed by atoms with Crippen LogP contribution < -0.4 is 14.8 Å². The average molecular weight is 292 g/mol. The molecule has 0 aliphatic carbocycles. The number of hydrogen-bond donors (Lipinski definition) is 1. The second-order valence-corrected chi connectivity index (χ2v) is 5.97. The zero-order valence-corrected chi connectivity index (χ0v) is 13.7. The van der Waals surface area contributed by atoms with Crippen molar-refractivity contribution in [3.05, 3.63) is 18.2 Å². The highest BCUT2D eigenvalue weighted by Crippen LogP contribution is 2.30. The smallest absolute Gasteiger partial charge is 0.162 e. The molecule has 0 saturated carbocycles. The fourth-order valence-electron chi connectivity index (χ4n) is 2.94. The molecule has 1 aliphatic rings. The van der Waals surface area contributed by atoms with Gasteiger partial charge in [-0.05, 0) is 51.8 Å². The molecule has 0 spiro atoms. The highest BCUT2D eigenvalue weighted by Gasteiger charge is 2.18. The molecule has 1 aliphatic heterocycles. The van der Waals surface area contributed by atoms with Crippen molar-refractivity contribution in [2.24, 2.45) is 0 Å². The van der Waals surface area contributed by atoms with E-state index in [4.69, 9.17) is 9.47 Å². The standard InChI is InChI=1S/C17H28N2O2/c1-13(2)19-10-5-6-14(9-11-19)18-15-7-8-16(20-3)17(12-15)21-4/h7-8,12-14,18H,5-6,9-11H2,1-4H3. The third-order valence-electron chi connectivity index (χ3n) is 4.25. The fourth-order valence-corrected chi connectivity index (χ4v) is 2.94. The summed E-state index contributed by atoms with van der Waals surface area (Å²) in [5.41, 5.74) is 1.11. The molecule has 1 aromatic rings. The Balaban J connectivity index is 1.98. The first-order valence-electron chi connectivity index (χ1n) is 7.86. The minimum atomic E-state index is 0.534. The maximum atomic E-state index is 5.37. The quantitative estimate of drug-likeness (QED) is 0.902. The third kappa shape index (κ3) is 4.27. The Kier molecular flexibility index (Phi) is 5.74. The lowest BCUT2D eigenvalue weighted by atomic mass is 10.1. The lowest BCUT2D eigenvalue weighted by Gasteiger charge is -2.24. The van der Waals surface area contributed by atoms with Gasteiger partial charge >= 0.3 is 0 Å². The van der Waals surface area contributed by atoms with Gasteiger partial charge in [-0.1, -0.05) is 0 Å². The average Bonchev–Trinajstić information content (AvgIpc) is 2.72. The lowest BCUT2D eigenvalue weighted by molar-refractivity contribution is 0.230. The Morgan fingerprint density at radius 1 is 1.10 bits per heavy atom. The number of ether oxygens (including phenoxy) is 2. The molecular formula is C17H28N2O2. The van der Waals surface area contributed by atoms with Gasteiger partial charge in [-0.2, -0.15) is 0 Å². The van der Waals surface area contributed by atoms with Gasteiger partial charge in [0.25, 0.3) is 0 Å². The van der Waals surface area contributed by atoms with Gasteiger partial charge in [0, 0.05) is 30.4 Å². The molecule has 1 atom stereocenters. The van der Waals surface area contributed by atoms with Gasteiger partial charge in [-0.25, -0.2) is 0 Å². The number of anilines is 1. The topological polar surface area (TPSA) is 33.7 Å². The molecule has 4 heteroatoms. The second kappa shape index (κ2) is 7.55. The summed E-state index contributed by atoms with van der Waals surface area (Å²) in [6.07, 6.45) is 3.66. The number of hydrogen-bond acceptors (Lipinski definition) is 4. The summed E-state index contributed by atoms with van der Waals surface area (Å²) in [7, 11) is 3.34. The molecule has 0 amide bonds. The molecule has 1 saturated heterocycles. The van der Waals surface area contributed by atoms with Gasteiger partial charge < -0.3 is 19.7 Å². The van der Waals surface area contributed by atoms with Crippen molar-refractivity contribution >= 4 is 5.69 Å². The molecule has 2 rings (SSSR count). The minimum Gasteiger partial charge on any atom is -0.493 e. The van der Waals surface area contributed by atoms with Crippen molar-refractivity contribution in [3.63, 3.8) is 0 Å². The summed E-state index contributed by atoms with van der Waals surface area (Å²) in [4.78, 5) is 2.57. The first-order valence-corrected chi connectivity index (χ1v) is 7.86. The van der Waals surface area contributed by atoms with Crippen molar-refractivity contribution in [2.75, 3.05) is 32.6 Å². The van der Waals surface area contributed by atoms with Crippen LogP contribution in [0.25, 0.3) is 0 Å². The van der Waals surface area contributed by atoms with Gasteiger partial charge in [0.15, 0.2) is 11.5 Å². The van der Waals surface area contributed by atoms with E-state index in [2.05, 4.69) is 30.1 Å². The van der Waals surface area contributed by atoms with Crippen LogP contribution in [0.4, 0.5) is 5.69 Å². The van der Waals surface area contributed by atoms with Gasteiger partial charge in [0.1, 0.15) is 0 Å². The van der Waals surface area contributed by atoms with Crippen molar-refractivity contribution in [1.82, 2.24) is 4.90 Å². The largest absolute Gasteiger partial charge is 0.493 e. The summed E-state index contributed by atoms with van der Waals surface area (Å²) in [6, 6.07) is 7.21. The maximum Gasteiger partial charge on any atom is 0.162 e. The van der Waals surface area contributed by atoms with E-state index in [1.807, 2.05) is 12.1 Å². The van der Waals surface area contributed by atoms with Crippen LogP contribution in [0.15, 0.2) is 18.2 Å². The lowest BCUT2D eigenvalue weighted by Crippen LogP contribution is -2.32. The van der Waals surface area contributed by atoms with E-state index >= 15 is 0 Å². The van der Waals surface area contributed by atoms with Crippen LogP contribution in [-0.4, -0.2) is 44.3 Å². The molecule has 0 aromatic heterocycles. The molecular weight excluding hydrogens is 264 g/mol. The number of nitrogens with one attached hydrogen (secondary N) is 1. The molecule has 1 N–H and O–H groups in total. The van der Waals surface area contributed by atoms with E-state index in [1.165, 1.54) is 32.4 Å². The second-order valence-electron chi connectivity index (χ2n) is 5.97. The van der Waals surface area contributed by atoms with E-state index in [0.717, 1.165) is 17.2 Å². The third-order valence-corrected chi connectivity index (χ3v) is 4.25. The van der Waals surface area contributed by atoms with Crippen molar-refractivity contribution in [1.29, 1.82) is 0 Å². The normalized spacial score (nSPS) is 20.1. The Bertz CT molecular complexity index is 448. The van der Waals surface area contributed by atoms with E-state index in [0.29, 0.717) is 12.1 Å². The number of nitrogens with zero attached hydrogens (tertiary/aromatic N) is 1. The fraction of sp³-hybridized carbons (Fsp3) is 0.647. The molecule has 1 fully saturated rings. The molecule has 0 bridgehead atoms. The van der Waals surface area contributed by atoms with Crippen LogP contribution in [0.5, 0.6) is 11.5 Å². The minimum absolute atomic E-state index is 0.534. The Labute approximate surface area is 128 Å². The van der Waals surface area contributed by atoms with Crippen molar-refractivity contribution in [2.45, 2.75) is 45.2 Å². The van der Waals surface area contributed by atoms with E-state index in [9.17, 15) is 0 Å². The van der Waals surface area contributed by atoms with Crippen molar-refractivity contribution < 1.29 is 9.47 Å². The summed E-state index contributed by atoms with van der Waals surface area (Å²) in [5.74, 6) is 1.55. The molecule has 1 heterocycles. The summed E-state index contributed by atoms with van der Waals surface area (Å²) < 4.78 is 10.6. The van der Waals surface area contributed by atoms with Crippen LogP contribution >= 0.6 is 0 Å². The summed E-state index contributed by atoms with van der Waals surface area (Å²) >= 11 is 0. The van der Waals surface area contributed by atoms with Gasteiger partial charge in [-0.15, -0.1) is 0 Å². The molecule has 1 aromatic carbocycles. The number of rotatable bonds is 5. The van der Waals surface area contributed by atoms with Gasteiger partial charge in [-0.3, -0.25) is 0 Å². The van der Waals surface area contributed by atoms with Crippen LogP contribution in [0.3, 0.4) is 0 Å². The highest BCUT2D eigenvalue weighted by molar-refractivity contribution is 5.55. The van der Waals surface area contributed by atoms with Gasteiger partial charge in [0.2, 0.25) is 0 Å².